The van der Waals surface area contributed by atoms with Crippen molar-refractivity contribution in [2.24, 2.45) is 5.73 Å². The van der Waals surface area contributed by atoms with Crippen LogP contribution in [0.4, 0.5) is 0 Å². The average Bonchev–Trinajstić information content (AvgIpc) is 2.51. The van der Waals surface area contributed by atoms with Crippen LogP contribution in [0, 0.1) is 11.5 Å². The Morgan fingerprint density at radius 1 is 1.58 bits per heavy atom. The van der Waals surface area contributed by atoms with E-state index < -0.39 is 5.91 Å². The van der Waals surface area contributed by atoms with Gasteiger partial charge in [0, 0.05) is 6.04 Å². The van der Waals surface area contributed by atoms with Crippen molar-refractivity contribution in [1.82, 2.24) is 4.90 Å². The van der Waals surface area contributed by atoms with Gasteiger partial charge in [0.1, 0.15) is 6.54 Å². The highest BCUT2D eigenvalue weighted by molar-refractivity contribution is 5.76. The molecule has 1 aliphatic carbocycles. The molecule has 0 bridgehead atoms. The van der Waals surface area contributed by atoms with E-state index in [1.807, 2.05) is 6.19 Å². The molecule has 0 unspecified atom stereocenters. The van der Waals surface area contributed by atoms with E-state index in [1.165, 1.54) is 4.90 Å². The molecule has 4 nitrogen and oxygen atoms in total. The van der Waals surface area contributed by atoms with Crippen LogP contribution in [0.1, 0.15) is 25.7 Å². The van der Waals surface area contributed by atoms with Crippen LogP contribution in [-0.2, 0) is 4.79 Å². The summed E-state index contributed by atoms with van der Waals surface area (Å²) in [5.74, 6) is -0.427. The first-order valence-corrected chi connectivity index (χ1v) is 4.18. The number of nitrogens with two attached hydrogens (primary N) is 1. The molecular formula is C8H13N3O. The Morgan fingerprint density at radius 2 is 2.17 bits per heavy atom. The van der Waals surface area contributed by atoms with Gasteiger partial charge in [0.15, 0.2) is 6.19 Å². The Bertz CT molecular complexity index is 203. The first kappa shape index (κ1) is 8.85. The fourth-order valence-corrected chi connectivity index (χ4v) is 1.63. The second-order valence-electron chi connectivity index (χ2n) is 3.13. The molecule has 0 atom stereocenters. The van der Waals surface area contributed by atoms with Gasteiger partial charge in [0.05, 0.1) is 0 Å². The Morgan fingerprint density at radius 3 is 2.58 bits per heavy atom. The standard InChI is InChI=1S/C8H13N3O/c9-6-11(5-8(10)12)7-3-1-2-4-7/h7H,1-5H2,(H2,10,12). The summed E-state index contributed by atoms with van der Waals surface area (Å²) < 4.78 is 0. The summed E-state index contributed by atoms with van der Waals surface area (Å²) in [4.78, 5) is 12.1. The maximum Gasteiger partial charge on any atom is 0.237 e. The summed E-state index contributed by atoms with van der Waals surface area (Å²) in [7, 11) is 0. The quantitative estimate of drug-likeness (QED) is 0.482. The summed E-state index contributed by atoms with van der Waals surface area (Å²) in [5, 5.41) is 8.70. The molecule has 0 heterocycles. The van der Waals surface area contributed by atoms with E-state index in [0.717, 1.165) is 25.7 Å². The first-order valence-electron chi connectivity index (χ1n) is 4.18. The molecule has 1 amide bonds. The van der Waals surface area contributed by atoms with Crippen LogP contribution in [0.2, 0.25) is 0 Å². The van der Waals surface area contributed by atoms with Gasteiger partial charge in [0.2, 0.25) is 5.91 Å². The van der Waals surface area contributed by atoms with Crippen molar-refractivity contribution in [2.45, 2.75) is 31.7 Å². The second-order valence-corrected chi connectivity index (χ2v) is 3.13. The molecule has 0 aromatic carbocycles. The molecule has 0 aromatic heterocycles. The number of carbonyl (C=O) groups excluding carboxylic acids is 1. The van der Waals surface area contributed by atoms with Gasteiger partial charge < -0.3 is 5.73 Å². The normalized spacial score (nSPS) is 17.2. The molecule has 0 radical (unpaired) electrons. The predicted molar refractivity (Wildman–Crippen MR) is 43.8 cm³/mol. The van der Waals surface area contributed by atoms with E-state index in [-0.39, 0.29) is 12.6 Å². The van der Waals surface area contributed by atoms with Crippen molar-refractivity contribution in [3.05, 3.63) is 0 Å². The zero-order valence-corrected chi connectivity index (χ0v) is 6.99. The number of hydrogen-bond acceptors (Lipinski definition) is 3. The highest BCUT2D eigenvalue weighted by Gasteiger charge is 2.22. The molecule has 0 spiro atoms. The van der Waals surface area contributed by atoms with Crippen LogP contribution in [0.5, 0.6) is 0 Å². The van der Waals surface area contributed by atoms with Gasteiger partial charge in [0.25, 0.3) is 0 Å². The molecule has 1 rings (SSSR count). The Kier molecular flexibility index (Phi) is 2.92. The molecule has 1 fully saturated rings. The number of nitriles is 1. The summed E-state index contributed by atoms with van der Waals surface area (Å²) in [6.45, 7) is 0.0706. The van der Waals surface area contributed by atoms with Crippen molar-refractivity contribution < 1.29 is 4.79 Å². The van der Waals surface area contributed by atoms with Gasteiger partial charge in [-0.15, -0.1) is 0 Å². The van der Waals surface area contributed by atoms with E-state index >= 15 is 0 Å². The number of hydrogen-bond donors (Lipinski definition) is 1. The lowest BCUT2D eigenvalue weighted by Crippen LogP contribution is -2.36. The van der Waals surface area contributed by atoms with Crippen LogP contribution >= 0.6 is 0 Å². The van der Waals surface area contributed by atoms with Gasteiger partial charge in [-0.3, -0.25) is 9.69 Å². The molecular weight excluding hydrogens is 154 g/mol. The molecule has 0 saturated heterocycles. The highest BCUT2D eigenvalue weighted by atomic mass is 16.1. The third kappa shape index (κ3) is 2.12. The van der Waals surface area contributed by atoms with Gasteiger partial charge in [-0.05, 0) is 12.8 Å². The zero-order valence-electron chi connectivity index (χ0n) is 6.99. The zero-order chi connectivity index (χ0) is 8.97. The number of carbonyl (C=O) groups is 1. The molecule has 2 N–H and O–H groups in total. The van der Waals surface area contributed by atoms with Gasteiger partial charge in [-0.2, -0.15) is 5.26 Å². The molecule has 1 aliphatic rings. The maximum absolute atomic E-state index is 10.6. The lowest BCUT2D eigenvalue weighted by molar-refractivity contribution is -0.118. The highest BCUT2D eigenvalue weighted by Crippen LogP contribution is 2.22. The fourth-order valence-electron chi connectivity index (χ4n) is 1.63. The smallest absolute Gasteiger partial charge is 0.237 e. The van der Waals surface area contributed by atoms with Crippen molar-refractivity contribution >= 4 is 5.91 Å². The molecule has 1 saturated carbocycles. The van der Waals surface area contributed by atoms with Gasteiger partial charge in [-0.25, -0.2) is 0 Å². The largest absolute Gasteiger partial charge is 0.368 e. The Balaban J connectivity index is 2.44. The van der Waals surface area contributed by atoms with Crippen molar-refractivity contribution in [3.8, 4) is 6.19 Å². The summed E-state index contributed by atoms with van der Waals surface area (Å²) >= 11 is 0. The predicted octanol–water partition coefficient (Wildman–Crippen LogP) is 0.197. The van der Waals surface area contributed by atoms with Crippen molar-refractivity contribution in [3.63, 3.8) is 0 Å². The summed E-state index contributed by atoms with van der Waals surface area (Å²) in [5.41, 5.74) is 5.00. The van der Waals surface area contributed by atoms with Crippen LogP contribution in [0.25, 0.3) is 0 Å². The minimum Gasteiger partial charge on any atom is -0.368 e. The Hall–Kier alpha value is -1.24. The van der Waals surface area contributed by atoms with E-state index in [9.17, 15) is 4.79 Å². The van der Waals surface area contributed by atoms with Crippen LogP contribution in [0.3, 0.4) is 0 Å². The summed E-state index contributed by atoms with van der Waals surface area (Å²) in [6, 6.07) is 0.252. The number of nitrogens with zero attached hydrogens (tertiary/aromatic N) is 2. The molecule has 4 heteroatoms. The molecule has 12 heavy (non-hydrogen) atoms. The summed E-state index contributed by atoms with van der Waals surface area (Å²) in [6.07, 6.45) is 6.35. The topological polar surface area (TPSA) is 70.1 Å². The maximum atomic E-state index is 10.6. The molecule has 0 aliphatic heterocycles. The van der Waals surface area contributed by atoms with E-state index in [2.05, 4.69) is 0 Å². The molecule has 0 aromatic rings. The lowest BCUT2D eigenvalue weighted by atomic mass is 10.2. The Labute approximate surface area is 71.9 Å². The minimum absolute atomic E-state index is 0.0706. The van der Waals surface area contributed by atoms with Gasteiger partial charge >= 0.3 is 0 Å². The van der Waals surface area contributed by atoms with Crippen LogP contribution in [-0.4, -0.2) is 23.4 Å². The monoisotopic (exact) mass is 167 g/mol. The van der Waals surface area contributed by atoms with Crippen molar-refractivity contribution in [1.29, 1.82) is 5.26 Å². The lowest BCUT2D eigenvalue weighted by Gasteiger charge is -2.20. The van der Waals surface area contributed by atoms with Gasteiger partial charge in [-0.1, -0.05) is 12.8 Å². The third-order valence-corrected chi connectivity index (χ3v) is 2.22. The third-order valence-electron chi connectivity index (χ3n) is 2.22. The first-order chi connectivity index (χ1) is 5.74. The SMILES string of the molecule is N#CN(CC(N)=O)C1CCCC1. The minimum atomic E-state index is -0.427. The number of amides is 1. The number of rotatable bonds is 3. The molecule has 66 valence electrons. The van der Waals surface area contributed by atoms with Crippen molar-refractivity contribution in [2.75, 3.05) is 6.54 Å². The van der Waals surface area contributed by atoms with E-state index in [4.69, 9.17) is 11.0 Å². The van der Waals surface area contributed by atoms with Crippen LogP contribution < -0.4 is 5.73 Å². The fraction of sp³-hybridized carbons (Fsp3) is 0.750. The van der Waals surface area contributed by atoms with E-state index in [1.54, 1.807) is 0 Å². The second kappa shape index (κ2) is 3.96. The van der Waals surface area contributed by atoms with Crippen LogP contribution in [0.15, 0.2) is 0 Å². The van der Waals surface area contributed by atoms with E-state index in [0.29, 0.717) is 0 Å². The number of primary amides is 1. The average molecular weight is 167 g/mol.